The number of carbonyl (C=O) groups excluding carboxylic acids is 1. The molecule has 0 aliphatic rings. The minimum atomic E-state index is -1.01. The Morgan fingerprint density at radius 2 is 1.93 bits per heavy atom. The van der Waals surface area contributed by atoms with Gasteiger partial charge in [0.05, 0.1) is 26.3 Å². The summed E-state index contributed by atoms with van der Waals surface area (Å²) in [6, 6.07) is 10.2. The van der Waals surface area contributed by atoms with Gasteiger partial charge >= 0.3 is 0 Å². The van der Waals surface area contributed by atoms with Crippen LogP contribution in [0.2, 0.25) is 0 Å². The number of anilines is 1. The number of nitrogens with zero attached hydrogens (tertiary/aromatic N) is 3. The Kier molecular flexibility index (Phi) is 6.21. The number of carbonyl (C=O) groups is 1. The Hall–Kier alpha value is -3.29. The molecule has 3 rings (SSSR count). The van der Waals surface area contributed by atoms with Crippen LogP contribution in [0.25, 0.3) is 0 Å². The average Bonchev–Trinajstić information content (AvgIpc) is 3.12. The van der Waals surface area contributed by atoms with Crippen LogP contribution in [0.3, 0.4) is 0 Å². The molecule has 3 aromatic rings. The van der Waals surface area contributed by atoms with E-state index in [2.05, 4.69) is 29.4 Å². The van der Waals surface area contributed by atoms with Gasteiger partial charge in [-0.15, -0.1) is 5.10 Å². The van der Waals surface area contributed by atoms with E-state index in [0.29, 0.717) is 5.92 Å². The van der Waals surface area contributed by atoms with Gasteiger partial charge in [-0.3, -0.25) is 4.79 Å². The maximum Gasteiger partial charge on any atom is 0.230 e. The lowest BCUT2D eigenvalue weighted by atomic mass is 10.0. The minimum Gasteiger partial charge on any atom is -0.497 e. The van der Waals surface area contributed by atoms with Crippen LogP contribution in [-0.2, 0) is 17.8 Å². The van der Waals surface area contributed by atoms with E-state index in [4.69, 9.17) is 4.74 Å². The zero-order valence-corrected chi connectivity index (χ0v) is 16.4. The first-order valence-corrected chi connectivity index (χ1v) is 9.16. The second-order valence-corrected chi connectivity index (χ2v) is 6.96. The highest BCUT2D eigenvalue weighted by Crippen LogP contribution is 2.21. The third kappa shape index (κ3) is 5.16. The first-order chi connectivity index (χ1) is 13.9. The summed E-state index contributed by atoms with van der Waals surface area (Å²) in [5.74, 6) is -1.38. The number of hydrogen-bond acceptors (Lipinski definition) is 4. The molecule has 152 valence electrons. The van der Waals surface area contributed by atoms with Crippen LogP contribution in [0.1, 0.15) is 36.5 Å². The summed E-state index contributed by atoms with van der Waals surface area (Å²) in [7, 11) is 1.37. The van der Waals surface area contributed by atoms with E-state index >= 15 is 0 Å². The molecule has 1 aromatic heterocycles. The number of rotatable bonds is 7. The van der Waals surface area contributed by atoms with Crippen molar-refractivity contribution in [2.45, 2.75) is 32.7 Å². The van der Waals surface area contributed by atoms with Crippen LogP contribution in [0, 0.1) is 11.6 Å². The fourth-order valence-electron chi connectivity index (χ4n) is 2.83. The lowest BCUT2D eigenvalue weighted by Gasteiger charge is -2.07. The number of benzene rings is 2. The topological polar surface area (TPSA) is 69.0 Å². The molecule has 1 heterocycles. The maximum atomic E-state index is 14.0. The summed E-state index contributed by atoms with van der Waals surface area (Å²) in [5, 5.41) is 10.7. The van der Waals surface area contributed by atoms with Crippen LogP contribution in [0.5, 0.6) is 5.75 Å². The van der Waals surface area contributed by atoms with Crippen LogP contribution in [-0.4, -0.2) is 28.0 Å². The van der Waals surface area contributed by atoms with Gasteiger partial charge in [0.15, 0.2) is 17.5 Å². The second kappa shape index (κ2) is 8.81. The molecule has 0 saturated heterocycles. The Morgan fingerprint density at radius 1 is 1.21 bits per heavy atom. The largest absolute Gasteiger partial charge is 0.497 e. The van der Waals surface area contributed by atoms with Crippen molar-refractivity contribution in [1.29, 1.82) is 0 Å². The standard InChI is InChI=1S/C21H22F2N4O2/c1-13(2)15-6-4-14(5-7-15)8-20(28)25-19-11-24-27(26-19)12-16-9-17(29-3)10-18(22)21(16)23/h4-7,9-11,13H,8,12H2,1-3H3,(H,25,26,28). The zero-order valence-electron chi connectivity index (χ0n) is 16.4. The minimum absolute atomic E-state index is 0.0422. The Labute approximate surface area is 167 Å². The van der Waals surface area contributed by atoms with Crippen molar-refractivity contribution in [3.8, 4) is 5.75 Å². The van der Waals surface area contributed by atoms with Crippen LogP contribution >= 0.6 is 0 Å². The third-order valence-corrected chi connectivity index (χ3v) is 4.44. The van der Waals surface area contributed by atoms with E-state index in [0.717, 1.165) is 11.6 Å². The first-order valence-electron chi connectivity index (χ1n) is 9.16. The molecular weight excluding hydrogens is 378 g/mol. The molecule has 2 aromatic carbocycles. The van der Waals surface area contributed by atoms with Gasteiger partial charge < -0.3 is 10.1 Å². The highest BCUT2D eigenvalue weighted by molar-refractivity contribution is 5.91. The number of hydrogen-bond donors (Lipinski definition) is 1. The van der Waals surface area contributed by atoms with Crippen molar-refractivity contribution < 1.29 is 18.3 Å². The fourth-order valence-corrected chi connectivity index (χ4v) is 2.83. The molecule has 0 unspecified atom stereocenters. The summed E-state index contributed by atoms with van der Waals surface area (Å²) >= 11 is 0. The van der Waals surface area contributed by atoms with Crippen molar-refractivity contribution in [3.05, 3.63) is 70.9 Å². The molecule has 8 heteroatoms. The summed E-state index contributed by atoms with van der Waals surface area (Å²) in [6.45, 7) is 4.11. The highest BCUT2D eigenvalue weighted by Gasteiger charge is 2.14. The molecule has 1 N–H and O–H groups in total. The maximum absolute atomic E-state index is 14.0. The van der Waals surface area contributed by atoms with Gasteiger partial charge in [0.1, 0.15) is 5.75 Å². The predicted octanol–water partition coefficient (Wildman–Crippen LogP) is 3.92. The van der Waals surface area contributed by atoms with E-state index in [1.165, 1.54) is 29.7 Å². The normalized spacial score (nSPS) is 11.0. The van der Waals surface area contributed by atoms with Gasteiger partial charge in [-0.1, -0.05) is 38.1 Å². The SMILES string of the molecule is COc1cc(F)c(F)c(Cn2ncc(NC(=O)Cc3ccc(C(C)C)cc3)n2)c1. The van der Waals surface area contributed by atoms with Crippen molar-refractivity contribution in [3.63, 3.8) is 0 Å². The summed E-state index contributed by atoms with van der Waals surface area (Å²) in [6.07, 6.45) is 1.55. The van der Waals surface area contributed by atoms with Gasteiger partial charge in [0.25, 0.3) is 0 Å². The van der Waals surface area contributed by atoms with E-state index in [1.807, 2.05) is 24.3 Å². The number of nitrogens with one attached hydrogen (secondary N) is 1. The molecule has 0 aliphatic heterocycles. The molecule has 0 radical (unpaired) electrons. The van der Waals surface area contributed by atoms with Gasteiger partial charge in [0, 0.05) is 11.6 Å². The van der Waals surface area contributed by atoms with Crippen molar-refractivity contribution >= 4 is 11.7 Å². The van der Waals surface area contributed by atoms with E-state index in [9.17, 15) is 13.6 Å². The Morgan fingerprint density at radius 3 is 2.59 bits per heavy atom. The Bertz CT molecular complexity index is 1000. The highest BCUT2D eigenvalue weighted by atomic mass is 19.2. The number of aromatic nitrogens is 3. The van der Waals surface area contributed by atoms with Crippen molar-refractivity contribution in [2.24, 2.45) is 0 Å². The third-order valence-electron chi connectivity index (χ3n) is 4.44. The quantitative estimate of drug-likeness (QED) is 0.653. The Balaban J connectivity index is 1.63. The van der Waals surface area contributed by atoms with E-state index < -0.39 is 11.6 Å². The van der Waals surface area contributed by atoms with Crippen LogP contribution < -0.4 is 10.1 Å². The lowest BCUT2D eigenvalue weighted by Crippen LogP contribution is -2.15. The van der Waals surface area contributed by atoms with Crippen LogP contribution in [0.4, 0.5) is 14.6 Å². The average molecular weight is 400 g/mol. The van der Waals surface area contributed by atoms with Gasteiger partial charge in [-0.2, -0.15) is 9.90 Å². The fraction of sp³-hybridized carbons (Fsp3) is 0.286. The molecule has 29 heavy (non-hydrogen) atoms. The molecule has 0 aliphatic carbocycles. The van der Waals surface area contributed by atoms with Gasteiger partial charge in [-0.05, 0) is 23.1 Å². The molecule has 0 spiro atoms. The van der Waals surface area contributed by atoms with E-state index in [-0.39, 0.29) is 36.0 Å². The molecule has 0 fully saturated rings. The lowest BCUT2D eigenvalue weighted by molar-refractivity contribution is -0.115. The summed E-state index contributed by atoms with van der Waals surface area (Å²) in [5.41, 5.74) is 2.13. The second-order valence-electron chi connectivity index (χ2n) is 6.96. The van der Waals surface area contributed by atoms with Gasteiger partial charge in [0.2, 0.25) is 5.91 Å². The van der Waals surface area contributed by atoms with Crippen molar-refractivity contribution in [2.75, 3.05) is 12.4 Å². The molecule has 0 saturated carbocycles. The molecule has 0 atom stereocenters. The number of methoxy groups -OCH3 is 1. The smallest absolute Gasteiger partial charge is 0.230 e. The van der Waals surface area contributed by atoms with E-state index in [1.54, 1.807) is 0 Å². The monoisotopic (exact) mass is 400 g/mol. The summed E-state index contributed by atoms with van der Waals surface area (Å²) in [4.78, 5) is 13.4. The predicted molar refractivity (Wildman–Crippen MR) is 105 cm³/mol. The molecular formula is C21H22F2N4O2. The molecule has 6 nitrogen and oxygen atoms in total. The summed E-state index contributed by atoms with van der Waals surface area (Å²) < 4.78 is 32.5. The number of ether oxygens (including phenoxy) is 1. The van der Waals surface area contributed by atoms with Gasteiger partial charge in [-0.25, -0.2) is 8.78 Å². The number of halogens is 2. The van der Waals surface area contributed by atoms with Crippen molar-refractivity contribution in [1.82, 2.24) is 15.0 Å². The van der Waals surface area contributed by atoms with Crippen LogP contribution in [0.15, 0.2) is 42.6 Å². The first kappa shape index (κ1) is 20.4. The number of amides is 1. The molecule has 1 amide bonds. The molecule has 0 bridgehead atoms. The zero-order chi connectivity index (χ0) is 21.0.